The van der Waals surface area contributed by atoms with Gasteiger partial charge in [-0.3, -0.25) is 19.2 Å². The van der Waals surface area contributed by atoms with E-state index >= 15 is 0 Å². The van der Waals surface area contributed by atoms with Crippen molar-refractivity contribution in [3.05, 3.63) is 0 Å². The molecule has 178 valence electrons. The number of carboxylic acids is 2. The lowest BCUT2D eigenvalue weighted by Crippen LogP contribution is -2.59. The fourth-order valence-electron chi connectivity index (χ4n) is 2.66. The van der Waals surface area contributed by atoms with Crippen LogP contribution >= 0.6 is 12.6 Å². The molecule has 7 N–H and O–H groups in total. The fourth-order valence-corrected chi connectivity index (χ4v) is 2.92. The van der Waals surface area contributed by atoms with Crippen molar-refractivity contribution in [2.24, 2.45) is 17.6 Å². The minimum absolute atomic E-state index is 0.0189. The molecule has 0 aliphatic rings. The second kappa shape index (κ2) is 13.9. The quantitative estimate of drug-likeness (QED) is 0.166. The highest BCUT2D eigenvalue weighted by atomic mass is 32.1. The molecule has 0 fully saturated rings. The lowest BCUT2D eigenvalue weighted by molar-refractivity contribution is -0.142. The summed E-state index contributed by atoms with van der Waals surface area (Å²) in [6.45, 7) is 7.12. The Morgan fingerprint density at radius 2 is 1.45 bits per heavy atom. The van der Waals surface area contributed by atoms with E-state index < -0.39 is 60.2 Å². The summed E-state index contributed by atoms with van der Waals surface area (Å²) in [5, 5.41) is 25.4. The number of carbonyl (C=O) groups is 5. The number of hydrogen-bond donors (Lipinski definition) is 7. The molecule has 0 aliphatic heterocycles. The predicted octanol–water partition coefficient (Wildman–Crippen LogP) is -0.651. The van der Waals surface area contributed by atoms with Crippen LogP contribution < -0.4 is 21.7 Å². The highest BCUT2D eigenvalue weighted by Gasteiger charge is 2.32. The van der Waals surface area contributed by atoms with E-state index in [0.717, 1.165) is 0 Å². The van der Waals surface area contributed by atoms with Gasteiger partial charge in [0.2, 0.25) is 17.7 Å². The molecular formula is C19H34N4O7S. The topological polar surface area (TPSA) is 188 Å². The SMILES string of the molecule is CCC(C)C(NC(=O)C(N)CC(=O)O)C(=O)NC(CS)C(=O)NC(CC(C)C)C(=O)O. The standard InChI is InChI=1S/C19H34N4O7S/c1-5-10(4)15(23-16(26)11(20)7-14(24)25)18(28)22-13(8-31)17(27)21-12(19(29)30)6-9(2)3/h9-13,15,31H,5-8,20H2,1-4H3,(H,21,27)(H,22,28)(H,23,26)(H,24,25)(H,29,30). The molecule has 5 unspecified atom stereocenters. The minimum Gasteiger partial charge on any atom is -0.481 e. The molecule has 0 rings (SSSR count). The second-order valence-electron chi connectivity index (χ2n) is 7.85. The molecule has 0 heterocycles. The first-order valence-electron chi connectivity index (χ1n) is 10.1. The van der Waals surface area contributed by atoms with E-state index in [4.69, 9.17) is 10.8 Å². The number of thiol groups is 1. The van der Waals surface area contributed by atoms with Crippen molar-refractivity contribution < 1.29 is 34.2 Å². The van der Waals surface area contributed by atoms with Crippen molar-refractivity contribution in [1.82, 2.24) is 16.0 Å². The fraction of sp³-hybridized carbons (Fsp3) is 0.737. The first kappa shape index (κ1) is 28.7. The van der Waals surface area contributed by atoms with Gasteiger partial charge in [-0.2, -0.15) is 12.6 Å². The zero-order valence-electron chi connectivity index (χ0n) is 18.3. The summed E-state index contributed by atoms with van der Waals surface area (Å²) >= 11 is 4.06. The molecular weight excluding hydrogens is 428 g/mol. The van der Waals surface area contributed by atoms with Gasteiger partial charge in [0.15, 0.2) is 0 Å². The average molecular weight is 463 g/mol. The van der Waals surface area contributed by atoms with Crippen LogP contribution in [0.3, 0.4) is 0 Å². The van der Waals surface area contributed by atoms with Crippen LogP contribution in [0, 0.1) is 11.8 Å². The summed E-state index contributed by atoms with van der Waals surface area (Å²) in [6, 6.07) is -4.67. The van der Waals surface area contributed by atoms with E-state index in [0.29, 0.717) is 6.42 Å². The molecule has 0 spiro atoms. The Morgan fingerprint density at radius 3 is 1.87 bits per heavy atom. The number of nitrogens with one attached hydrogen (secondary N) is 3. The number of hydrogen-bond acceptors (Lipinski definition) is 7. The Kier molecular flexibility index (Phi) is 12.8. The van der Waals surface area contributed by atoms with Crippen LogP contribution in [0.15, 0.2) is 0 Å². The van der Waals surface area contributed by atoms with Gasteiger partial charge in [0, 0.05) is 5.75 Å². The van der Waals surface area contributed by atoms with Crippen molar-refractivity contribution in [3.63, 3.8) is 0 Å². The normalized spacial score (nSPS) is 15.8. The summed E-state index contributed by atoms with van der Waals surface area (Å²) in [4.78, 5) is 59.6. The minimum atomic E-state index is -1.34. The lowest BCUT2D eigenvalue weighted by atomic mass is 9.97. The molecule has 11 nitrogen and oxygen atoms in total. The van der Waals surface area contributed by atoms with E-state index in [2.05, 4.69) is 28.6 Å². The summed E-state index contributed by atoms with van der Waals surface area (Å²) in [5.74, 6) is -5.09. The van der Waals surface area contributed by atoms with E-state index in [1.165, 1.54) is 0 Å². The first-order chi connectivity index (χ1) is 14.3. The van der Waals surface area contributed by atoms with Gasteiger partial charge in [0.05, 0.1) is 12.5 Å². The van der Waals surface area contributed by atoms with Crippen LogP contribution in [0.1, 0.15) is 47.0 Å². The Morgan fingerprint density at radius 1 is 0.903 bits per heavy atom. The van der Waals surface area contributed by atoms with Crippen molar-refractivity contribution in [2.45, 2.75) is 71.1 Å². The van der Waals surface area contributed by atoms with E-state index in [1.807, 2.05) is 13.8 Å². The third-order valence-electron chi connectivity index (χ3n) is 4.66. The second-order valence-corrected chi connectivity index (χ2v) is 8.21. The summed E-state index contributed by atoms with van der Waals surface area (Å²) in [7, 11) is 0. The van der Waals surface area contributed by atoms with Gasteiger partial charge in [0.25, 0.3) is 0 Å². The Balaban J connectivity index is 5.30. The highest BCUT2D eigenvalue weighted by molar-refractivity contribution is 7.80. The first-order valence-corrected chi connectivity index (χ1v) is 10.7. The van der Waals surface area contributed by atoms with Gasteiger partial charge in [-0.1, -0.05) is 34.1 Å². The zero-order chi connectivity index (χ0) is 24.3. The molecule has 31 heavy (non-hydrogen) atoms. The molecule has 0 aromatic rings. The van der Waals surface area contributed by atoms with Crippen LogP contribution in [0.4, 0.5) is 0 Å². The molecule has 0 bridgehead atoms. The van der Waals surface area contributed by atoms with Crippen molar-refractivity contribution in [3.8, 4) is 0 Å². The van der Waals surface area contributed by atoms with Crippen molar-refractivity contribution in [1.29, 1.82) is 0 Å². The van der Waals surface area contributed by atoms with Crippen LogP contribution in [-0.2, 0) is 24.0 Å². The van der Waals surface area contributed by atoms with Gasteiger partial charge >= 0.3 is 11.9 Å². The maximum atomic E-state index is 12.8. The predicted molar refractivity (Wildman–Crippen MR) is 116 cm³/mol. The number of nitrogens with two attached hydrogens (primary N) is 1. The molecule has 0 saturated carbocycles. The Bertz CT molecular complexity index is 659. The van der Waals surface area contributed by atoms with Gasteiger partial charge in [-0.15, -0.1) is 0 Å². The molecule has 5 atom stereocenters. The van der Waals surface area contributed by atoms with Crippen LogP contribution in [0.25, 0.3) is 0 Å². The summed E-state index contributed by atoms with van der Waals surface area (Å²) in [5.41, 5.74) is 5.55. The molecule has 0 aromatic heterocycles. The summed E-state index contributed by atoms with van der Waals surface area (Å²) < 4.78 is 0. The third kappa shape index (κ3) is 10.5. The molecule has 12 heteroatoms. The summed E-state index contributed by atoms with van der Waals surface area (Å²) in [6.07, 6.45) is 0.107. The number of amides is 3. The maximum Gasteiger partial charge on any atom is 0.326 e. The van der Waals surface area contributed by atoms with E-state index in [9.17, 15) is 29.1 Å². The molecule has 0 aliphatic carbocycles. The van der Waals surface area contributed by atoms with Gasteiger partial charge in [0.1, 0.15) is 18.1 Å². The number of rotatable bonds is 14. The van der Waals surface area contributed by atoms with Gasteiger partial charge in [-0.25, -0.2) is 4.79 Å². The van der Waals surface area contributed by atoms with E-state index in [-0.39, 0.29) is 24.0 Å². The van der Waals surface area contributed by atoms with Crippen LogP contribution in [0.5, 0.6) is 0 Å². The number of carbonyl (C=O) groups excluding carboxylic acids is 3. The van der Waals surface area contributed by atoms with Gasteiger partial charge in [-0.05, 0) is 18.3 Å². The molecule has 0 radical (unpaired) electrons. The maximum absolute atomic E-state index is 12.8. The zero-order valence-corrected chi connectivity index (χ0v) is 19.1. The number of aliphatic carboxylic acids is 2. The molecule has 0 saturated heterocycles. The van der Waals surface area contributed by atoms with E-state index in [1.54, 1.807) is 13.8 Å². The van der Waals surface area contributed by atoms with Crippen LogP contribution in [0.2, 0.25) is 0 Å². The third-order valence-corrected chi connectivity index (χ3v) is 5.03. The Hall–Kier alpha value is -2.34. The Labute approximate surface area is 187 Å². The van der Waals surface area contributed by atoms with Crippen molar-refractivity contribution in [2.75, 3.05) is 5.75 Å². The number of carboxylic acid groups (broad SMARTS) is 2. The molecule has 3 amide bonds. The monoisotopic (exact) mass is 462 g/mol. The smallest absolute Gasteiger partial charge is 0.326 e. The highest BCUT2D eigenvalue weighted by Crippen LogP contribution is 2.10. The largest absolute Gasteiger partial charge is 0.481 e. The average Bonchev–Trinajstić information content (AvgIpc) is 2.67. The van der Waals surface area contributed by atoms with Crippen LogP contribution in [-0.4, -0.2) is 69.8 Å². The lowest BCUT2D eigenvalue weighted by Gasteiger charge is -2.27. The van der Waals surface area contributed by atoms with Crippen molar-refractivity contribution >= 4 is 42.3 Å². The molecule has 0 aromatic carbocycles. The van der Waals surface area contributed by atoms with Gasteiger partial charge < -0.3 is 31.9 Å².